The van der Waals surface area contributed by atoms with Crippen LogP contribution in [0.2, 0.25) is 0 Å². The number of aliphatic hydroxyl groups is 1. The number of nitrogens with zero attached hydrogens (tertiary/aromatic N) is 2. The van der Waals surface area contributed by atoms with Gasteiger partial charge in [0.2, 0.25) is 0 Å². The molecular weight excluding hydrogens is 264 g/mol. The van der Waals surface area contributed by atoms with Gasteiger partial charge in [-0.1, -0.05) is 0 Å². The van der Waals surface area contributed by atoms with Crippen molar-refractivity contribution >= 4 is 21.7 Å². The first kappa shape index (κ1) is 10.2. The van der Waals surface area contributed by atoms with E-state index in [-0.39, 0.29) is 22.5 Å². The molecule has 1 aliphatic rings. The molecule has 0 amide bonds. The zero-order valence-corrected chi connectivity index (χ0v) is 9.61. The summed E-state index contributed by atoms with van der Waals surface area (Å²) in [6, 6.07) is 0. The smallest absolute Gasteiger partial charge is 0.284 e. The molecule has 0 saturated carbocycles. The number of allylic oxidation sites excluding steroid dienone is 1. The number of fused-ring (bicyclic) bond motifs is 1. The molecule has 0 unspecified atom stereocenters. The molecule has 0 fully saturated rings. The van der Waals surface area contributed by atoms with Crippen LogP contribution in [0, 0.1) is 0 Å². The van der Waals surface area contributed by atoms with E-state index in [0.29, 0.717) is 18.1 Å². The van der Waals surface area contributed by atoms with Crippen LogP contribution < -0.4 is 5.56 Å². The molecule has 15 heavy (non-hydrogen) atoms. The third-order valence-corrected chi connectivity index (χ3v) is 2.68. The fraction of sp³-hybridized carbons (Fsp3) is 0.333. The maximum absolute atomic E-state index is 11.6. The number of ether oxygens (including phenoxy) is 1. The topological polar surface area (TPSA) is 64.3 Å². The van der Waals surface area contributed by atoms with E-state index in [4.69, 9.17) is 4.74 Å². The minimum atomic E-state index is -0.270. The van der Waals surface area contributed by atoms with E-state index in [2.05, 4.69) is 20.9 Å². The Labute approximate surface area is 94.1 Å². The lowest BCUT2D eigenvalue weighted by Crippen LogP contribution is -2.22. The molecule has 2 heterocycles. The Bertz CT molecular complexity index is 493. The van der Waals surface area contributed by atoms with Gasteiger partial charge in [-0.15, -0.1) is 0 Å². The highest BCUT2D eigenvalue weighted by Gasteiger charge is 2.24. The zero-order chi connectivity index (χ0) is 11.0. The molecule has 0 spiro atoms. The molecule has 1 aromatic rings. The third-order valence-electron chi connectivity index (χ3n) is 2.14. The predicted octanol–water partition coefficient (Wildman–Crippen LogP) is 1.28. The van der Waals surface area contributed by atoms with Gasteiger partial charge in [0.05, 0.1) is 19.3 Å². The van der Waals surface area contributed by atoms with Crippen LogP contribution in [0.4, 0.5) is 0 Å². The van der Waals surface area contributed by atoms with Crippen LogP contribution in [0.25, 0.3) is 5.76 Å². The largest absolute Gasteiger partial charge is 0.503 e. The Kier molecular flexibility index (Phi) is 2.52. The van der Waals surface area contributed by atoms with Gasteiger partial charge >= 0.3 is 0 Å². The van der Waals surface area contributed by atoms with Crippen molar-refractivity contribution < 1.29 is 9.84 Å². The standard InChI is InChI=1S/C9H9BrN2O3/c1-2-15-6-4-12-5(7(6)13)3-11-8(10)9(12)14/h3,13H,2,4H2,1H3. The van der Waals surface area contributed by atoms with Crippen LogP contribution in [0.1, 0.15) is 12.6 Å². The average Bonchev–Trinajstić information content (AvgIpc) is 2.52. The monoisotopic (exact) mass is 272 g/mol. The Hall–Kier alpha value is -1.30. The number of hydrogen-bond acceptors (Lipinski definition) is 4. The number of aliphatic hydroxyl groups excluding tert-OH is 1. The molecule has 0 aliphatic carbocycles. The minimum Gasteiger partial charge on any atom is -0.503 e. The number of hydrogen-bond donors (Lipinski definition) is 1. The fourth-order valence-corrected chi connectivity index (χ4v) is 1.78. The molecule has 0 aromatic carbocycles. The minimum absolute atomic E-state index is 0.00560. The third kappa shape index (κ3) is 1.54. The van der Waals surface area contributed by atoms with Crippen molar-refractivity contribution in [1.29, 1.82) is 0 Å². The van der Waals surface area contributed by atoms with Crippen LogP contribution in [0.3, 0.4) is 0 Å². The van der Waals surface area contributed by atoms with E-state index in [0.717, 1.165) is 0 Å². The molecule has 6 heteroatoms. The second-order valence-corrected chi connectivity index (χ2v) is 3.78. The van der Waals surface area contributed by atoms with Gasteiger partial charge in [0, 0.05) is 0 Å². The number of rotatable bonds is 2. The van der Waals surface area contributed by atoms with Gasteiger partial charge < -0.3 is 9.84 Å². The van der Waals surface area contributed by atoms with Gasteiger partial charge in [-0.25, -0.2) is 4.98 Å². The highest BCUT2D eigenvalue weighted by Crippen LogP contribution is 2.24. The lowest BCUT2D eigenvalue weighted by Gasteiger charge is -2.03. The summed E-state index contributed by atoms with van der Waals surface area (Å²) < 4.78 is 6.87. The first-order valence-corrected chi connectivity index (χ1v) is 5.25. The summed E-state index contributed by atoms with van der Waals surface area (Å²) in [7, 11) is 0. The van der Waals surface area contributed by atoms with Crippen molar-refractivity contribution in [1.82, 2.24) is 9.55 Å². The maximum atomic E-state index is 11.6. The molecule has 1 aliphatic heterocycles. The van der Waals surface area contributed by atoms with E-state index in [1.54, 1.807) is 0 Å². The van der Waals surface area contributed by atoms with E-state index >= 15 is 0 Å². The van der Waals surface area contributed by atoms with E-state index in [1.807, 2.05) is 6.92 Å². The molecule has 0 radical (unpaired) electrons. The van der Waals surface area contributed by atoms with Gasteiger partial charge in [-0.05, 0) is 22.9 Å². The predicted molar refractivity (Wildman–Crippen MR) is 57.4 cm³/mol. The van der Waals surface area contributed by atoms with Crippen LogP contribution in [0.5, 0.6) is 0 Å². The summed E-state index contributed by atoms with van der Waals surface area (Å²) in [5.74, 6) is 0.406. The number of aromatic nitrogens is 2. The molecule has 0 saturated heterocycles. The lowest BCUT2D eigenvalue weighted by molar-refractivity contribution is 0.212. The molecule has 1 N–H and O–H groups in total. The van der Waals surface area contributed by atoms with Crippen molar-refractivity contribution in [3.63, 3.8) is 0 Å². The van der Waals surface area contributed by atoms with Crippen molar-refractivity contribution in [2.75, 3.05) is 6.61 Å². The summed E-state index contributed by atoms with van der Waals surface area (Å²) in [6.07, 6.45) is 1.44. The molecule has 1 aromatic heterocycles. The highest BCUT2D eigenvalue weighted by molar-refractivity contribution is 9.10. The first-order chi connectivity index (χ1) is 7.15. The van der Waals surface area contributed by atoms with E-state index < -0.39 is 0 Å². The Morgan fingerprint density at radius 1 is 1.73 bits per heavy atom. The Balaban J connectivity index is 2.51. The van der Waals surface area contributed by atoms with Crippen molar-refractivity contribution in [2.24, 2.45) is 0 Å². The molecule has 80 valence electrons. The van der Waals surface area contributed by atoms with Gasteiger partial charge in [0.1, 0.15) is 5.69 Å². The summed E-state index contributed by atoms with van der Waals surface area (Å²) in [6.45, 7) is 2.53. The fourth-order valence-electron chi connectivity index (χ4n) is 1.46. The van der Waals surface area contributed by atoms with Crippen molar-refractivity contribution in [2.45, 2.75) is 13.5 Å². The SMILES string of the molecule is CCOC1=C(O)c2cnc(Br)c(=O)n2C1. The second kappa shape index (κ2) is 3.69. The molecule has 5 nitrogen and oxygen atoms in total. The van der Waals surface area contributed by atoms with Gasteiger partial charge in [0.25, 0.3) is 5.56 Å². The van der Waals surface area contributed by atoms with Gasteiger partial charge in [-0.2, -0.15) is 0 Å². The molecule has 0 atom stereocenters. The van der Waals surface area contributed by atoms with Crippen LogP contribution in [-0.2, 0) is 11.3 Å². The molecule has 0 bridgehead atoms. The zero-order valence-electron chi connectivity index (χ0n) is 8.03. The normalized spacial score (nSPS) is 14.3. The highest BCUT2D eigenvalue weighted by atomic mass is 79.9. The van der Waals surface area contributed by atoms with E-state index in [9.17, 15) is 9.90 Å². The average molecular weight is 273 g/mol. The van der Waals surface area contributed by atoms with Crippen molar-refractivity contribution in [3.8, 4) is 0 Å². The first-order valence-electron chi connectivity index (χ1n) is 4.45. The van der Waals surface area contributed by atoms with E-state index in [1.165, 1.54) is 10.8 Å². The van der Waals surface area contributed by atoms with Crippen LogP contribution in [0.15, 0.2) is 21.4 Å². The van der Waals surface area contributed by atoms with Crippen LogP contribution >= 0.6 is 15.9 Å². The van der Waals surface area contributed by atoms with Crippen LogP contribution in [-0.4, -0.2) is 21.3 Å². The Morgan fingerprint density at radius 2 is 2.47 bits per heavy atom. The van der Waals surface area contributed by atoms with Gasteiger partial charge in [-0.3, -0.25) is 9.36 Å². The molecule has 2 rings (SSSR count). The summed E-state index contributed by atoms with van der Waals surface area (Å²) >= 11 is 3.04. The summed E-state index contributed by atoms with van der Waals surface area (Å²) in [4.78, 5) is 15.4. The van der Waals surface area contributed by atoms with Crippen molar-refractivity contribution in [3.05, 3.63) is 32.6 Å². The Morgan fingerprint density at radius 3 is 3.13 bits per heavy atom. The molecular formula is C9H9BrN2O3. The summed E-state index contributed by atoms with van der Waals surface area (Å²) in [5, 5.41) is 9.73. The quantitative estimate of drug-likeness (QED) is 0.881. The summed E-state index contributed by atoms with van der Waals surface area (Å²) in [5.41, 5.74) is 0.125. The second-order valence-electron chi connectivity index (χ2n) is 3.03. The lowest BCUT2D eigenvalue weighted by atomic mass is 10.4. The number of halogens is 1. The maximum Gasteiger partial charge on any atom is 0.284 e. The van der Waals surface area contributed by atoms with Gasteiger partial charge in [0.15, 0.2) is 16.1 Å².